The Morgan fingerprint density at radius 2 is 2.17 bits per heavy atom. The summed E-state index contributed by atoms with van der Waals surface area (Å²) in [6.45, 7) is 2.38. The van der Waals surface area contributed by atoms with Crippen LogP contribution in [0, 0.1) is 12.8 Å². The topological polar surface area (TPSA) is 115 Å². The zero-order valence-electron chi connectivity index (χ0n) is 13.9. The fourth-order valence-electron chi connectivity index (χ4n) is 2.22. The summed E-state index contributed by atoms with van der Waals surface area (Å²) >= 11 is 1.35. The first-order valence-corrected chi connectivity index (χ1v) is 10.2. The molecule has 1 aromatic rings. The van der Waals surface area contributed by atoms with Crippen molar-refractivity contribution in [1.82, 2.24) is 19.8 Å². The molecule has 1 aromatic heterocycles. The molecule has 24 heavy (non-hydrogen) atoms. The number of nitrogens with zero attached hydrogens (tertiary/aromatic N) is 3. The van der Waals surface area contributed by atoms with E-state index in [0.29, 0.717) is 30.7 Å². The van der Waals surface area contributed by atoms with Gasteiger partial charge in [0, 0.05) is 20.0 Å². The Bertz CT molecular complexity index is 661. The number of carbonyl (C=O) groups excluding carboxylic acids is 1. The van der Waals surface area contributed by atoms with Crippen molar-refractivity contribution < 1.29 is 22.5 Å². The molecule has 0 unspecified atom stereocenters. The summed E-state index contributed by atoms with van der Waals surface area (Å²) in [5.74, 6) is 1.26. The summed E-state index contributed by atoms with van der Waals surface area (Å²) in [5.41, 5.74) is 0. The predicted octanol–water partition coefficient (Wildman–Crippen LogP) is -0.366. The quantitative estimate of drug-likeness (QED) is 0.652. The van der Waals surface area contributed by atoms with Crippen molar-refractivity contribution in [3.8, 4) is 0 Å². The zero-order valence-corrected chi connectivity index (χ0v) is 15.5. The number of rotatable bonds is 8. The number of sulfonamides is 1. The van der Waals surface area contributed by atoms with Crippen LogP contribution in [0.1, 0.15) is 11.7 Å². The number of hydrogen-bond acceptors (Lipinski definition) is 8. The maximum absolute atomic E-state index is 12.0. The van der Waals surface area contributed by atoms with Crippen molar-refractivity contribution in [3.63, 3.8) is 0 Å². The SMILES string of the molecule is Cc1noc(CSCC(=O)N[C@H]2COC[C@H]2CS(=O)(=O)N(C)C)n1. The maximum Gasteiger partial charge on any atom is 0.236 e. The fourth-order valence-corrected chi connectivity index (χ4v) is 4.05. The van der Waals surface area contributed by atoms with E-state index in [1.54, 1.807) is 6.92 Å². The molecule has 2 rings (SSSR count). The molecule has 1 fully saturated rings. The van der Waals surface area contributed by atoms with E-state index >= 15 is 0 Å². The lowest BCUT2D eigenvalue weighted by Gasteiger charge is -2.20. The summed E-state index contributed by atoms with van der Waals surface area (Å²) in [6, 6.07) is -0.293. The number of aromatic nitrogens is 2. The van der Waals surface area contributed by atoms with E-state index in [1.165, 1.54) is 30.2 Å². The third-order valence-corrected chi connectivity index (χ3v) is 6.43. The molecule has 1 aliphatic heterocycles. The molecule has 11 heteroatoms. The van der Waals surface area contributed by atoms with Gasteiger partial charge in [-0.2, -0.15) is 4.98 Å². The summed E-state index contributed by atoms with van der Waals surface area (Å²) in [6.07, 6.45) is 0. The molecule has 2 heterocycles. The van der Waals surface area contributed by atoms with Crippen LogP contribution in [0.25, 0.3) is 0 Å². The van der Waals surface area contributed by atoms with Gasteiger partial charge in [-0.25, -0.2) is 12.7 Å². The number of ether oxygens (including phenoxy) is 1. The lowest BCUT2D eigenvalue weighted by atomic mass is 10.1. The first-order valence-electron chi connectivity index (χ1n) is 7.42. The highest BCUT2D eigenvalue weighted by molar-refractivity contribution is 7.99. The highest BCUT2D eigenvalue weighted by Crippen LogP contribution is 2.18. The second-order valence-electron chi connectivity index (χ2n) is 5.76. The monoisotopic (exact) mass is 378 g/mol. The highest BCUT2D eigenvalue weighted by Gasteiger charge is 2.34. The van der Waals surface area contributed by atoms with Gasteiger partial charge in [0.15, 0.2) is 5.82 Å². The van der Waals surface area contributed by atoms with Crippen molar-refractivity contribution in [2.45, 2.75) is 18.7 Å². The zero-order chi connectivity index (χ0) is 17.7. The molecule has 0 spiro atoms. The largest absolute Gasteiger partial charge is 0.379 e. The van der Waals surface area contributed by atoms with Crippen LogP contribution in [0.3, 0.4) is 0 Å². The van der Waals surface area contributed by atoms with E-state index < -0.39 is 10.0 Å². The third-order valence-electron chi connectivity index (χ3n) is 3.55. The Morgan fingerprint density at radius 1 is 1.42 bits per heavy atom. The van der Waals surface area contributed by atoms with Crippen LogP contribution in [0.15, 0.2) is 4.52 Å². The van der Waals surface area contributed by atoms with Crippen LogP contribution in [-0.4, -0.2) is 73.6 Å². The second kappa shape index (κ2) is 8.28. The molecule has 1 N–H and O–H groups in total. The lowest BCUT2D eigenvalue weighted by molar-refractivity contribution is -0.119. The van der Waals surface area contributed by atoms with Crippen LogP contribution < -0.4 is 5.32 Å². The van der Waals surface area contributed by atoms with Crippen LogP contribution in [0.2, 0.25) is 0 Å². The van der Waals surface area contributed by atoms with Crippen LogP contribution in [0.4, 0.5) is 0 Å². The van der Waals surface area contributed by atoms with Crippen molar-refractivity contribution in [3.05, 3.63) is 11.7 Å². The Kier molecular flexibility index (Phi) is 6.61. The van der Waals surface area contributed by atoms with Crippen molar-refractivity contribution in [2.24, 2.45) is 5.92 Å². The number of thioether (sulfide) groups is 1. The summed E-state index contributed by atoms with van der Waals surface area (Å²) < 4.78 is 35.4. The number of amides is 1. The molecule has 0 aromatic carbocycles. The van der Waals surface area contributed by atoms with Gasteiger partial charge in [-0.1, -0.05) is 5.16 Å². The first kappa shape index (κ1) is 19.2. The molecule has 136 valence electrons. The summed E-state index contributed by atoms with van der Waals surface area (Å²) in [5, 5.41) is 6.53. The minimum absolute atomic E-state index is 0.0423. The van der Waals surface area contributed by atoms with Crippen LogP contribution >= 0.6 is 11.8 Å². The summed E-state index contributed by atoms with van der Waals surface area (Å²) in [7, 11) is -0.342. The Hall–Kier alpha value is -1.17. The number of nitrogens with one attached hydrogen (secondary N) is 1. The van der Waals surface area contributed by atoms with E-state index in [9.17, 15) is 13.2 Å². The van der Waals surface area contributed by atoms with Gasteiger partial charge >= 0.3 is 0 Å². The lowest BCUT2D eigenvalue weighted by Crippen LogP contribution is -2.44. The van der Waals surface area contributed by atoms with Gasteiger partial charge in [0.05, 0.1) is 36.5 Å². The van der Waals surface area contributed by atoms with E-state index in [4.69, 9.17) is 9.26 Å². The predicted molar refractivity (Wildman–Crippen MR) is 88.9 cm³/mol. The molecular weight excluding hydrogens is 356 g/mol. The smallest absolute Gasteiger partial charge is 0.236 e. The summed E-state index contributed by atoms with van der Waals surface area (Å²) in [4.78, 5) is 16.1. The molecule has 9 nitrogen and oxygen atoms in total. The average Bonchev–Trinajstić information content (AvgIpc) is 3.08. The molecule has 1 saturated heterocycles. The molecule has 0 saturated carbocycles. The maximum atomic E-state index is 12.0. The van der Waals surface area contributed by atoms with Crippen molar-refractivity contribution in [2.75, 3.05) is 38.8 Å². The number of carbonyl (C=O) groups is 1. The normalized spacial score (nSPS) is 21.3. The average molecular weight is 378 g/mol. The molecule has 0 bridgehead atoms. The Morgan fingerprint density at radius 3 is 2.79 bits per heavy atom. The van der Waals surface area contributed by atoms with E-state index in [-0.39, 0.29) is 29.4 Å². The minimum Gasteiger partial charge on any atom is -0.379 e. The molecule has 2 atom stereocenters. The molecule has 1 amide bonds. The minimum atomic E-state index is -3.33. The molecule has 1 aliphatic rings. The van der Waals surface area contributed by atoms with Crippen molar-refractivity contribution >= 4 is 27.7 Å². The highest BCUT2D eigenvalue weighted by atomic mass is 32.2. The van der Waals surface area contributed by atoms with Crippen molar-refractivity contribution in [1.29, 1.82) is 0 Å². The van der Waals surface area contributed by atoms with Gasteiger partial charge < -0.3 is 14.6 Å². The van der Waals surface area contributed by atoms with E-state index in [1.807, 2.05) is 0 Å². The van der Waals surface area contributed by atoms with Crippen LogP contribution in [0.5, 0.6) is 0 Å². The van der Waals surface area contributed by atoms with Gasteiger partial charge in [-0.15, -0.1) is 11.8 Å². The van der Waals surface area contributed by atoms with Gasteiger partial charge in [0.1, 0.15) is 0 Å². The Balaban J connectivity index is 1.77. The second-order valence-corrected chi connectivity index (χ2v) is 8.97. The van der Waals surface area contributed by atoms with Gasteiger partial charge in [-0.05, 0) is 6.92 Å². The van der Waals surface area contributed by atoms with Gasteiger partial charge in [-0.3, -0.25) is 4.79 Å². The van der Waals surface area contributed by atoms with Gasteiger partial charge in [0.25, 0.3) is 0 Å². The van der Waals surface area contributed by atoms with E-state index in [2.05, 4.69) is 15.5 Å². The Labute approximate surface area is 145 Å². The number of hydrogen-bond donors (Lipinski definition) is 1. The van der Waals surface area contributed by atoms with E-state index in [0.717, 1.165) is 0 Å². The fraction of sp³-hybridized carbons (Fsp3) is 0.769. The first-order chi connectivity index (χ1) is 11.3. The van der Waals surface area contributed by atoms with Gasteiger partial charge in [0.2, 0.25) is 21.8 Å². The molecule has 0 aliphatic carbocycles. The standard InChI is InChI=1S/C13H22N4O5S2/c1-9-14-13(22-16-9)7-23-6-12(18)15-11-5-21-4-10(11)8-24(19,20)17(2)3/h10-11H,4-8H2,1-3H3,(H,15,18)/t10-,11-/m0/s1. The molecule has 0 radical (unpaired) electrons. The molecular formula is C13H22N4O5S2. The third kappa shape index (κ3) is 5.43. The number of aryl methyl sites for hydroxylation is 1. The van der Waals surface area contributed by atoms with Crippen LogP contribution in [-0.2, 0) is 25.3 Å².